The van der Waals surface area contributed by atoms with E-state index in [2.05, 4.69) is 148 Å². The van der Waals surface area contributed by atoms with Crippen molar-refractivity contribution in [3.8, 4) is 39.8 Å². The molecule has 0 atom stereocenters. The molecule has 0 bridgehead atoms. The third-order valence-electron chi connectivity index (χ3n) is 8.81. The average molecular weight is 813 g/mol. The van der Waals surface area contributed by atoms with Gasteiger partial charge in [-0.15, -0.1) is 0 Å². The van der Waals surface area contributed by atoms with E-state index in [0.29, 0.717) is 11.5 Å². The molecule has 0 saturated carbocycles. The minimum Gasteiger partial charge on any atom is -0.265 e. The normalized spacial score (nSPS) is 11.5. The van der Waals surface area contributed by atoms with Gasteiger partial charge in [-0.05, 0) is 30.2 Å². The van der Waals surface area contributed by atoms with Gasteiger partial charge in [-0.3, -0.25) is 4.98 Å². The molecule has 7 heteroatoms. The number of aryl methyl sites for hydroxylation is 1. The number of benzene rings is 5. The van der Waals surface area contributed by atoms with Gasteiger partial charge < -0.3 is 0 Å². The van der Waals surface area contributed by atoms with E-state index < -0.39 is 0 Å². The van der Waals surface area contributed by atoms with Gasteiger partial charge in [0.25, 0.3) is 0 Å². The van der Waals surface area contributed by atoms with Gasteiger partial charge in [-0.1, -0.05) is 12.1 Å². The van der Waals surface area contributed by atoms with Crippen molar-refractivity contribution < 1.29 is 24.1 Å². The number of nitrogens with zero attached hydrogens (tertiary/aromatic N) is 5. The van der Waals surface area contributed by atoms with Crippen molar-refractivity contribution in [1.82, 2.24) is 23.7 Å². The summed E-state index contributed by atoms with van der Waals surface area (Å²) >= 11 is 2.40. The molecule has 5 aromatic carbocycles. The molecule has 0 N–H and O–H groups in total. The van der Waals surface area contributed by atoms with E-state index in [9.17, 15) is 0 Å². The maximum absolute atomic E-state index is 6.51. The summed E-state index contributed by atoms with van der Waals surface area (Å²) in [6.07, 6.45) is 5.55. The third-order valence-corrected chi connectivity index (χ3v) is 9.82. The first-order valence-corrected chi connectivity index (χ1v) is 17.0. The molecule has 49 heavy (non-hydrogen) atoms. The van der Waals surface area contributed by atoms with Gasteiger partial charge in [0.15, 0.2) is 0 Å². The topological polar surface area (TPSA) is 49.8 Å². The quantitative estimate of drug-likeness (QED) is 0.157. The summed E-state index contributed by atoms with van der Waals surface area (Å²) in [5.41, 5.74) is 9.44. The Hall–Kier alpha value is -5.84. The van der Waals surface area contributed by atoms with Crippen molar-refractivity contribution in [3.63, 3.8) is 0 Å². The Kier molecular flexibility index (Phi) is 7.18. The molecule has 0 saturated heterocycles. The minimum atomic E-state index is 0.599. The molecule has 0 aliphatic heterocycles. The van der Waals surface area contributed by atoms with Crippen LogP contribution >= 0.6 is 0 Å². The number of para-hydroxylation sites is 4. The van der Waals surface area contributed by atoms with Gasteiger partial charge >= 0.3 is 223 Å². The standard InChI is InChI=1S/C42H27N5O.Pt/c1-29-24-42(44-27-37(29)30-20-22-43-23-21-30)47-38-15-6-5-14-35(38)36-19-18-34(26-41(36)47)48-33-13-9-12-32(25-33)46-28-45(31-10-3-2-4-11-31)39-16-7-8-17-40(39)46;/h2-24,27H,1H3;/q-2;. The minimum absolute atomic E-state index is 0.599. The molecule has 0 unspecified atom stereocenters. The first kappa shape index (κ1) is 29.3. The number of fused-ring (bicyclic) bond motifs is 4. The van der Waals surface area contributed by atoms with E-state index in [1.54, 1.807) is 0 Å². The van der Waals surface area contributed by atoms with Crippen LogP contribution in [0.5, 0.6) is 11.5 Å². The predicted molar refractivity (Wildman–Crippen MR) is 190 cm³/mol. The summed E-state index contributed by atoms with van der Waals surface area (Å²) in [6.45, 7) is 2.12. The Bertz CT molecular complexity index is 2730. The van der Waals surface area contributed by atoms with E-state index in [4.69, 9.17) is 9.72 Å². The van der Waals surface area contributed by atoms with Gasteiger partial charge in [0, 0.05) is 24.2 Å². The Morgan fingerprint density at radius 1 is 0.633 bits per heavy atom. The summed E-state index contributed by atoms with van der Waals surface area (Å²) < 4.78 is 14.2. The van der Waals surface area contributed by atoms with E-state index in [1.165, 1.54) is 0 Å². The Balaban J connectivity index is 1.13. The van der Waals surface area contributed by atoms with E-state index in [1.807, 2.05) is 55.0 Å². The molecule has 6 nitrogen and oxygen atoms in total. The molecule has 4 aromatic heterocycles. The first-order chi connectivity index (χ1) is 24.1. The molecular formula is C42H27N5OPt-2. The fourth-order valence-corrected chi connectivity index (χ4v) is 7.69. The van der Waals surface area contributed by atoms with E-state index >= 15 is 0 Å². The SMILES string of the molecule is Cc1cc(-n2c3[c-]c(Oc4[c-]c(-n5[c](=[Pt])n(-c6ccccc6)c6ccccc65)ccc4)ccc3c3ccccc32)ncc1-c1ccncc1. The molecule has 4 heterocycles. The third kappa shape index (κ3) is 5.04. The summed E-state index contributed by atoms with van der Waals surface area (Å²) in [5, 5.41) is 2.21. The number of rotatable bonds is 6. The Labute approximate surface area is 293 Å². The van der Waals surface area contributed by atoms with Crippen LogP contribution in [-0.2, 0) is 19.4 Å². The second-order valence-electron chi connectivity index (χ2n) is 11.8. The summed E-state index contributed by atoms with van der Waals surface area (Å²) in [6, 6.07) is 50.6. The smallest absolute Gasteiger partial charge is 0.265 e. The predicted octanol–water partition coefficient (Wildman–Crippen LogP) is 9.76. The van der Waals surface area contributed by atoms with Crippen LogP contribution in [0.4, 0.5) is 0 Å². The van der Waals surface area contributed by atoms with Crippen molar-refractivity contribution in [2.45, 2.75) is 6.92 Å². The summed E-state index contributed by atoms with van der Waals surface area (Å²) in [7, 11) is 0. The van der Waals surface area contributed by atoms with Crippen molar-refractivity contribution in [2.24, 2.45) is 0 Å². The zero-order valence-electron chi connectivity index (χ0n) is 26.3. The fourth-order valence-electron chi connectivity index (χ4n) is 6.58. The van der Waals surface area contributed by atoms with E-state index in [-0.39, 0.29) is 0 Å². The molecule has 0 spiro atoms. The van der Waals surface area contributed by atoms with Crippen LogP contribution in [0.3, 0.4) is 0 Å². The number of pyridine rings is 2. The van der Waals surface area contributed by atoms with Gasteiger partial charge in [-0.25, -0.2) is 0 Å². The van der Waals surface area contributed by atoms with Crippen LogP contribution in [0.2, 0.25) is 0 Å². The van der Waals surface area contributed by atoms with Gasteiger partial charge in [-0.2, -0.15) is 0 Å². The first-order valence-electron chi connectivity index (χ1n) is 15.9. The van der Waals surface area contributed by atoms with Crippen LogP contribution in [0.25, 0.3) is 61.2 Å². The monoisotopic (exact) mass is 812 g/mol. The Morgan fingerprint density at radius 3 is 2.14 bits per heavy atom. The maximum atomic E-state index is 6.51. The van der Waals surface area contributed by atoms with Crippen LogP contribution in [-0.4, -0.2) is 23.7 Å². The zero-order valence-corrected chi connectivity index (χ0v) is 28.6. The number of imidazole rings is 1. The van der Waals surface area contributed by atoms with Crippen LogP contribution in [0.15, 0.2) is 146 Å². The zero-order chi connectivity index (χ0) is 32.9. The number of aromatic nitrogens is 5. The van der Waals surface area contributed by atoms with Crippen molar-refractivity contribution in [3.05, 3.63) is 167 Å². The number of hydrogen-bond donors (Lipinski definition) is 0. The van der Waals surface area contributed by atoms with Gasteiger partial charge in [0.2, 0.25) is 0 Å². The van der Waals surface area contributed by atoms with Crippen LogP contribution in [0.1, 0.15) is 5.56 Å². The molecule has 0 radical (unpaired) electrons. The number of hydrogen-bond acceptors (Lipinski definition) is 3. The molecule has 9 rings (SSSR count). The van der Waals surface area contributed by atoms with Gasteiger partial charge in [0.05, 0.1) is 0 Å². The number of ether oxygens (including phenoxy) is 1. The summed E-state index contributed by atoms with van der Waals surface area (Å²) in [4.78, 5) is 9.11. The van der Waals surface area contributed by atoms with E-state index in [0.717, 1.165) is 70.5 Å². The summed E-state index contributed by atoms with van der Waals surface area (Å²) in [5.74, 6) is 2.03. The average Bonchev–Trinajstić information content (AvgIpc) is 3.63. The van der Waals surface area contributed by atoms with Crippen molar-refractivity contribution >= 4 is 32.8 Å². The second-order valence-corrected chi connectivity index (χ2v) is 12.8. The molecular weight excluding hydrogens is 786 g/mol. The van der Waals surface area contributed by atoms with Crippen molar-refractivity contribution in [1.29, 1.82) is 0 Å². The van der Waals surface area contributed by atoms with Crippen molar-refractivity contribution in [2.75, 3.05) is 0 Å². The van der Waals surface area contributed by atoms with Crippen LogP contribution in [0, 0.1) is 22.9 Å². The molecule has 0 aliphatic carbocycles. The fraction of sp³-hybridized carbons (Fsp3) is 0.0238. The molecule has 238 valence electrons. The molecule has 0 aliphatic rings. The molecule has 9 aromatic rings. The van der Waals surface area contributed by atoms with Crippen LogP contribution < -0.4 is 4.74 Å². The molecule has 0 fully saturated rings. The molecule has 0 amide bonds. The Morgan fingerprint density at radius 2 is 1.35 bits per heavy atom. The second kappa shape index (κ2) is 12.0. The van der Waals surface area contributed by atoms with Gasteiger partial charge in [0.1, 0.15) is 0 Å².